The smallest absolute Gasteiger partial charge is 0.262 e. The summed E-state index contributed by atoms with van der Waals surface area (Å²) < 4.78 is 11.4. The quantitative estimate of drug-likeness (QED) is 0.0766. The number of fused-ring (bicyclic) bond motifs is 1. The fourth-order valence-electron chi connectivity index (χ4n) is 5.40. The molecule has 0 spiro atoms. The van der Waals surface area contributed by atoms with Crippen LogP contribution in [-0.2, 0) is 27.2 Å². The maximum Gasteiger partial charge on any atom is 0.262 e. The van der Waals surface area contributed by atoms with Gasteiger partial charge in [0, 0.05) is 24.7 Å². The predicted octanol–water partition coefficient (Wildman–Crippen LogP) is 4.02. The van der Waals surface area contributed by atoms with Crippen molar-refractivity contribution in [3.05, 3.63) is 53.1 Å². The molecule has 4 rings (SSSR count). The Kier molecular flexibility index (Phi) is 11.2. The van der Waals surface area contributed by atoms with Gasteiger partial charge in [-0.05, 0) is 55.5 Å². The molecule has 11 nitrogen and oxygen atoms in total. The zero-order chi connectivity index (χ0) is 29.0. The molecule has 2 amide bonds. The Labute approximate surface area is 240 Å². The summed E-state index contributed by atoms with van der Waals surface area (Å²) in [5.41, 5.74) is 9.84. The largest absolute Gasteiger partial charge is 0.506 e. The Balaban J connectivity index is 1.21. The number of nitrogens with one attached hydrogen (secondary N) is 4. The molecule has 0 radical (unpaired) electrons. The fraction of sp³-hybridized carbons (Fsp3) is 0.500. The Hall–Kier alpha value is -3.83. The number of hydrogen-bond acceptors (Lipinski definition) is 8. The highest BCUT2D eigenvalue weighted by Crippen LogP contribution is 2.39. The number of carbonyl (C=O) groups is 2. The molecule has 5 N–H and O–H groups in total. The third kappa shape index (κ3) is 8.58. The minimum atomic E-state index is -0.286. The maximum atomic E-state index is 13.2. The highest BCUT2D eigenvalue weighted by atomic mass is 16.5. The van der Waals surface area contributed by atoms with Crippen LogP contribution in [0, 0.1) is 10.9 Å². The lowest BCUT2D eigenvalue weighted by molar-refractivity contribution is -0.135. The Morgan fingerprint density at radius 1 is 1.15 bits per heavy atom. The van der Waals surface area contributed by atoms with Crippen LogP contribution in [0.25, 0.3) is 0 Å². The summed E-state index contributed by atoms with van der Waals surface area (Å²) in [7, 11) is 0. The van der Waals surface area contributed by atoms with Crippen LogP contribution in [0.3, 0.4) is 0 Å². The van der Waals surface area contributed by atoms with Gasteiger partial charge >= 0.3 is 0 Å². The minimum absolute atomic E-state index is 0.0115. The number of rotatable bonds is 14. The van der Waals surface area contributed by atoms with Crippen molar-refractivity contribution in [2.24, 2.45) is 5.11 Å². The lowest BCUT2D eigenvalue weighted by Crippen LogP contribution is -2.45. The van der Waals surface area contributed by atoms with Crippen molar-refractivity contribution in [3.8, 4) is 11.5 Å². The topological polar surface area (TPSA) is 160 Å². The van der Waals surface area contributed by atoms with Crippen molar-refractivity contribution >= 4 is 23.3 Å². The van der Waals surface area contributed by atoms with Crippen LogP contribution in [0.2, 0.25) is 0 Å². The van der Waals surface area contributed by atoms with Gasteiger partial charge in [-0.1, -0.05) is 43.5 Å². The summed E-state index contributed by atoms with van der Waals surface area (Å²) in [6, 6.07) is 11.0. The van der Waals surface area contributed by atoms with E-state index in [1.807, 2.05) is 23.1 Å². The molecule has 0 unspecified atom stereocenters. The lowest BCUT2D eigenvalue weighted by Gasteiger charge is -2.34. The van der Waals surface area contributed by atoms with Crippen molar-refractivity contribution in [2.75, 3.05) is 44.8 Å². The molecule has 1 aliphatic carbocycles. The second-order valence-electron chi connectivity index (χ2n) is 10.4. The van der Waals surface area contributed by atoms with Crippen LogP contribution < -0.4 is 15.4 Å². The highest BCUT2D eigenvalue weighted by Gasteiger charge is 2.25. The number of anilines is 1. The second-order valence-corrected chi connectivity index (χ2v) is 10.4. The number of phenolic OH excluding ortho intramolecular Hbond substituents is 1. The average Bonchev–Trinajstić information content (AvgIpc) is 3.00. The van der Waals surface area contributed by atoms with Crippen LogP contribution in [0.1, 0.15) is 55.2 Å². The molecule has 1 saturated carbocycles. The maximum absolute atomic E-state index is 13.2. The van der Waals surface area contributed by atoms with Gasteiger partial charge in [-0.15, -0.1) is 5.11 Å². The van der Waals surface area contributed by atoms with Gasteiger partial charge in [-0.25, -0.2) is 5.53 Å². The molecule has 0 bridgehead atoms. The molecule has 0 saturated heterocycles. The first kappa shape index (κ1) is 30.1. The molecular formula is C30H40N6O5. The third-order valence-corrected chi connectivity index (χ3v) is 7.57. The van der Waals surface area contributed by atoms with E-state index in [2.05, 4.69) is 15.7 Å². The number of aromatic hydroxyl groups is 1. The monoisotopic (exact) mass is 564 g/mol. The van der Waals surface area contributed by atoms with E-state index in [0.29, 0.717) is 69.1 Å². The van der Waals surface area contributed by atoms with E-state index in [9.17, 15) is 14.7 Å². The van der Waals surface area contributed by atoms with Crippen LogP contribution in [0.15, 0.2) is 41.5 Å². The first-order valence-corrected chi connectivity index (χ1v) is 14.4. The van der Waals surface area contributed by atoms with Crippen molar-refractivity contribution < 1.29 is 24.2 Å². The molecule has 0 aromatic heterocycles. The molecule has 1 heterocycles. The van der Waals surface area contributed by atoms with E-state index in [-0.39, 0.29) is 36.0 Å². The fourth-order valence-corrected chi connectivity index (χ4v) is 5.40. The van der Waals surface area contributed by atoms with E-state index < -0.39 is 0 Å². The molecule has 2 aliphatic rings. The normalized spacial score (nSPS) is 15.0. The van der Waals surface area contributed by atoms with Crippen LogP contribution >= 0.6 is 0 Å². The number of amidine groups is 1. The summed E-state index contributed by atoms with van der Waals surface area (Å²) in [6.45, 7) is 2.72. The van der Waals surface area contributed by atoms with Gasteiger partial charge in [0.25, 0.3) is 5.91 Å². The Morgan fingerprint density at radius 2 is 1.98 bits per heavy atom. The summed E-state index contributed by atoms with van der Waals surface area (Å²) in [4.78, 5) is 26.9. The number of hydrogen-bond donors (Lipinski definition) is 5. The van der Waals surface area contributed by atoms with E-state index in [1.165, 1.54) is 6.42 Å². The van der Waals surface area contributed by atoms with Crippen molar-refractivity contribution in [1.82, 2.24) is 10.2 Å². The average molecular weight is 565 g/mol. The molecule has 41 heavy (non-hydrogen) atoms. The van der Waals surface area contributed by atoms with Crippen LogP contribution in [0.4, 0.5) is 5.69 Å². The minimum Gasteiger partial charge on any atom is -0.506 e. The van der Waals surface area contributed by atoms with Gasteiger partial charge in [0.15, 0.2) is 18.2 Å². The summed E-state index contributed by atoms with van der Waals surface area (Å²) in [6.07, 6.45) is 7.22. The van der Waals surface area contributed by atoms with Crippen molar-refractivity contribution in [1.29, 1.82) is 10.9 Å². The highest BCUT2D eigenvalue weighted by molar-refractivity contribution is 5.97. The van der Waals surface area contributed by atoms with E-state index in [0.717, 1.165) is 36.8 Å². The van der Waals surface area contributed by atoms with E-state index >= 15 is 0 Å². The molecule has 1 aliphatic heterocycles. The lowest BCUT2D eigenvalue weighted by atomic mass is 9.94. The standard InChI is InChI=1S/C30H40N6O5/c31-30(35-32)23-6-4-5-21(19-23)12-17-40-18-13-27(39)36(24-7-2-1-3-8-24)16-15-33-14-11-22-9-10-25(37)28-29(22)41-20-26(38)34-28/h4-6,9-10,19,24,31-33,37H,1-3,7-8,11-18,20H2,(H,34,38). The van der Waals surface area contributed by atoms with Crippen molar-refractivity contribution in [3.63, 3.8) is 0 Å². The number of amides is 2. The summed E-state index contributed by atoms with van der Waals surface area (Å²) >= 11 is 0. The molecule has 0 atom stereocenters. The first-order chi connectivity index (χ1) is 20.0. The molecule has 1 fully saturated rings. The van der Waals surface area contributed by atoms with Gasteiger partial charge in [0.05, 0.1) is 19.6 Å². The predicted molar refractivity (Wildman–Crippen MR) is 155 cm³/mol. The molecular weight excluding hydrogens is 524 g/mol. The number of carbonyl (C=O) groups excluding carboxylic acids is 2. The van der Waals surface area contributed by atoms with E-state index in [4.69, 9.17) is 20.4 Å². The zero-order valence-electron chi connectivity index (χ0n) is 23.4. The number of ether oxygens (including phenoxy) is 2. The Morgan fingerprint density at radius 3 is 2.78 bits per heavy atom. The van der Waals surface area contributed by atoms with Gasteiger partial charge in [0.2, 0.25) is 5.91 Å². The van der Waals surface area contributed by atoms with Crippen LogP contribution in [-0.4, -0.2) is 73.2 Å². The molecule has 220 valence electrons. The van der Waals surface area contributed by atoms with Gasteiger partial charge < -0.3 is 30.1 Å². The molecule has 11 heteroatoms. The number of benzene rings is 2. The summed E-state index contributed by atoms with van der Waals surface area (Å²) in [5, 5.41) is 27.0. The van der Waals surface area contributed by atoms with Gasteiger partial charge in [-0.2, -0.15) is 0 Å². The van der Waals surface area contributed by atoms with Crippen LogP contribution in [0.5, 0.6) is 11.5 Å². The molecule has 2 aromatic rings. The second kappa shape index (κ2) is 15.2. The molecule has 2 aromatic carbocycles. The van der Waals surface area contributed by atoms with Gasteiger partial charge in [0.1, 0.15) is 11.4 Å². The zero-order valence-corrected chi connectivity index (χ0v) is 23.4. The van der Waals surface area contributed by atoms with Gasteiger partial charge in [-0.3, -0.25) is 15.0 Å². The SMILES string of the molecule is N=NC(=N)c1cccc(CCOCCC(=O)N(CCNCCc2ccc(O)c3c2OCC(=O)N3)C2CCCCC2)c1. The third-order valence-electron chi connectivity index (χ3n) is 7.57. The van der Waals surface area contributed by atoms with Crippen molar-refractivity contribution in [2.45, 2.75) is 57.4 Å². The van der Waals surface area contributed by atoms with E-state index in [1.54, 1.807) is 18.2 Å². The first-order valence-electron chi connectivity index (χ1n) is 14.4. The number of phenols is 1. The Bertz CT molecular complexity index is 1230. The number of nitrogens with zero attached hydrogens (tertiary/aromatic N) is 2. The summed E-state index contributed by atoms with van der Waals surface area (Å²) in [5.74, 6) is 0.260.